The number of carboxylic acids is 1. The molecule has 0 saturated carbocycles. The first-order chi connectivity index (χ1) is 31.1. The molecule has 0 aliphatic carbocycles. The van der Waals surface area contributed by atoms with Crippen molar-refractivity contribution in [1.82, 2.24) is 0 Å². The van der Waals surface area contributed by atoms with Gasteiger partial charge in [-0.05, 0) is 77.0 Å². The fourth-order valence-corrected chi connectivity index (χ4v) is 7.61. The van der Waals surface area contributed by atoms with Crippen LogP contribution < -0.4 is 0 Å². The summed E-state index contributed by atoms with van der Waals surface area (Å²) in [6.07, 6.45) is 58.4. The third-order valence-corrected chi connectivity index (χ3v) is 11.7. The Hall–Kier alpha value is -2.97. The summed E-state index contributed by atoms with van der Waals surface area (Å²) < 4.78 is 17.4. The van der Waals surface area contributed by atoms with Crippen molar-refractivity contribution in [3.63, 3.8) is 0 Å². The fraction of sp³-hybridized carbons (Fsp3) is 0.768. The lowest BCUT2D eigenvalue weighted by atomic mass is 10.1. The summed E-state index contributed by atoms with van der Waals surface area (Å²) in [7, 11) is 5.53. The standard InChI is InChI=1S/C56H99NO7/c1-6-8-10-12-14-16-18-20-22-24-26-27-29-30-32-34-36-38-40-42-44-46-54(58)63-51-52(50-62-49-48-53(56(60)61)57(3,4)5)64-55(59)47-45-43-41-39-37-35-33-31-28-25-23-21-19-17-15-13-11-9-7-2/h9,11,15,17,21,23,27-29,31,52-53H,6-8,10,12-14,16,18-20,22,24-26,30,32-51H2,1-5H3/p+1/b11-9+,17-15+,23-21+,29-27+,31-28+. The minimum absolute atomic E-state index is 0.0525. The van der Waals surface area contributed by atoms with Gasteiger partial charge in [-0.15, -0.1) is 0 Å². The van der Waals surface area contributed by atoms with Crippen LogP contribution in [-0.4, -0.2) is 80.6 Å². The van der Waals surface area contributed by atoms with Crippen LogP contribution in [0.15, 0.2) is 60.8 Å². The average Bonchev–Trinajstić information content (AvgIpc) is 3.26. The molecule has 0 radical (unpaired) electrons. The summed E-state index contributed by atoms with van der Waals surface area (Å²) in [5, 5.41) is 9.66. The molecule has 8 heteroatoms. The van der Waals surface area contributed by atoms with Crippen molar-refractivity contribution in [2.75, 3.05) is 41.0 Å². The van der Waals surface area contributed by atoms with Gasteiger partial charge in [0.2, 0.25) is 0 Å². The largest absolute Gasteiger partial charge is 0.477 e. The monoisotopic (exact) mass is 899 g/mol. The van der Waals surface area contributed by atoms with Crippen LogP contribution in [0, 0.1) is 0 Å². The Kier molecular flexibility index (Phi) is 44.4. The number of hydrogen-bond donors (Lipinski definition) is 1. The van der Waals surface area contributed by atoms with Gasteiger partial charge in [0.1, 0.15) is 6.61 Å². The quantitative estimate of drug-likeness (QED) is 0.0281. The predicted octanol–water partition coefficient (Wildman–Crippen LogP) is 15.3. The molecule has 2 atom stereocenters. The van der Waals surface area contributed by atoms with Crippen LogP contribution >= 0.6 is 0 Å². The molecule has 370 valence electrons. The van der Waals surface area contributed by atoms with Gasteiger partial charge >= 0.3 is 17.9 Å². The summed E-state index contributed by atoms with van der Waals surface area (Å²) in [4.78, 5) is 37.2. The smallest absolute Gasteiger partial charge is 0.362 e. The summed E-state index contributed by atoms with van der Waals surface area (Å²) in [6, 6.07) is -0.621. The van der Waals surface area contributed by atoms with E-state index in [4.69, 9.17) is 14.2 Å². The topological polar surface area (TPSA) is 99.1 Å². The van der Waals surface area contributed by atoms with Gasteiger partial charge in [0, 0.05) is 19.3 Å². The molecule has 1 N–H and O–H groups in total. The van der Waals surface area contributed by atoms with Crippen LogP contribution in [-0.2, 0) is 28.6 Å². The van der Waals surface area contributed by atoms with Crippen molar-refractivity contribution in [1.29, 1.82) is 0 Å². The SMILES string of the molecule is CC/C=C/C/C=C/C/C=C/C/C=C/CCCCCCCCC(=O)OC(COCCC(C(=O)O)[N+](C)(C)C)COC(=O)CCCCCCCCC/C=C/CCCCCCCCCCCC. The molecule has 0 aromatic heterocycles. The highest BCUT2D eigenvalue weighted by Gasteiger charge is 2.31. The van der Waals surface area contributed by atoms with Gasteiger partial charge in [0.15, 0.2) is 12.1 Å². The van der Waals surface area contributed by atoms with E-state index in [1.807, 2.05) is 21.1 Å². The molecule has 0 saturated heterocycles. The maximum Gasteiger partial charge on any atom is 0.362 e. The highest BCUT2D eigenvalue weighted by atomic mass is 16.6. The Labute approximate surface area is 394 Å². The van der Waals surface area contributed by atoms with E-state index >= 15 is 0 Å². The lowest BCUT2D eigenvalue weighted by molar-refractivity contribution is -0.887. The highest BCUT2D eigenvalue weighted by molar-refractivity contribution is 5.72. The summed E-state index contributed by atoms with van der Waals surface area (Å²) in [5.74, 6) is -1.49. The van der Waals surface area contributed by atoms with Gasteiger partial charge < -0.3 is 23.8 Å². The molecule has 0 amide bonds. The number of carboxylic acid groups (broad SMARTS) is 1. The molecule has 0 aliphatic rings. The molecule has 0 bridgehead atoms. The minimum atomic E-state index is -0.878. The molecule has 0 fully saturated rings. The summed E-state index contributed by atoms with van der Waals surface area (Å²) in [6.45, 7) is 4.62. The maximum atomic E-state index is 12.8. The van der Waals surface area contributed by atoms with Crippen molar-refractivity contribution < 1.29 is 38.2 Å². The van der Waals surface area contributed by atoms with Crippen LogP contribution in [0.2, 0.25) is 0 Å². The molecule has 2 unspecified atom stereocenters. The van der Waals surface area contributed by atoms with Gasteiger partial charge in [0.25, 0.3) is 0 Å². The van der Waals surface area contributed by atoms with Crippen LogP contribution in [0.25, 0.3) is 0 Å². The van der Waals surface area contributed by atoms with Gasteiger partial charge in [-0.3, -0.25) is 9.59 Å². The second-order valence-electron chi connectivity index (χ2n) is 18.7. The van der Waals surface area contributed by atoms with Crippen LogP contribution in [0.3, 0.4) is 0 Å². The number of hydrogen-bond acceptors (Lipinski definition) is 6. The van der Waals surface area contributed by atoms with Crippen LogP contribution in [0.4, 0.5) is 0 Å². The van der Waals surface area contributed by atoms with Crippen molar-refractivity contribution >= 4 is 17.9 Å². The Balaban J connectivity index is 4.26. The molecule has 0 aliphatic heterocycles. The van der Waals surface area contributed by atoms with Crippen molar-refractivity contribution in [3.8, 4) is 0 Å². The van der Waals surface area contributed by atoms with Crippen molar-refractivity contribution in [3.05, 3.63) is 60.8 Å². The number of nitrogens with zero attached hydrogens (tertiary/aromatic N) is 1. The average molecular weight is 899 g/mol. The Morgan fingerprint density at radius 1 is 0.484 bits per heavy atom. The number of unbranched alkanes of at least 4 members (excludes halogenated alkanes) is 23. The number of rotatable bonds is 47. The lowest BCUT2D eigenvalue weighted by Gasteiger charge is -2.31. The molecule has 0 heterocycles. The third-order valence-electron chi connectivity index (χ3n) is 11.7. The zero-order chi connectivity index (χ0) is 47.0. The van der Waals surface area contributed by atoms with Gasteiger partial charge in [-0.25, -0.2) is 4.79 Å². The Morgan fingerprint density at radius 3 is 1.31 bits per heavy atom. The minimum Gasteiger partial charge on any atom is -0.477 e. The molecule has 0 spiro atoms. The normalized spacial score (nSPS) is 13.3. The molecule has 0 aromatic rings. The second kappa shape index (κ2) is 46.6. The second-order valence-corrected chi connectivity index (χ2v) is 18.7. The number of allylic oxidation sites excluding steroid dienone is 10. The number of likely N-dealkylation sites (N-methyl/N-ethyl adjacent to an activating group) is 1. The van der Waals surface area contributed by atoms with Crippen molar-refractivity contribution in [2.24, 2.45) is 0 Å². The molecule has 64 heavy (non-hydrogen) atoms. The van der Waals surface area contributed by atoms with Gasteiger partial charge in [-0.1, -0.05) is 190 Å². The highest BCUT2D eigenvalue weighted by Crippen LogP contribution is 2.15. The van der Waals surface area contributed by atoms with E-state index in [-0.39, 0.29) is 36.2 Å². The number of carbonyl (C=O) groups is 3. The Morgan fingerprint density at radius 2 is 0.875 bits per heavy atom. The zero-order valence-electron chi connectivity index (χ0n) is 42.2. The summed E-state index contributed by atoms with van der Waals surface area (Å²) >= 11 is 0. The first kappa shape index (κ1) is 61.0. The van der Waals surface area contributed by atoms with E-state index in [0.29, 0.717) is 19.3 Å². The molecular formula is C56H100NO7+. The molecule has 0 rings (SSSR count). The number of esters is 2. The van der Waals surface area contributed by atoms with Crippen molar-refractivity contribution in [2.45, 2.75) is 238 Å². The van der Waals surface area contributed by atoms with Crippen LogP contribution in [0.5, 0.6) is 0 Å². The van der Waals surface area contributed by atoms with Crippen LogP contribution in [0.1, 0.15) is 226 Å². The first-order valence-electron chi connectivity index (χ1n) is 26.3. The number of quaternary nitrogens is 1. The fourth-order valence-electron chi connectivity index (χ4n) is 7.61. The van der Waals surface area contributed by atoms with E-state index in [1.54, 1.807) is 0 Å². The first-order valence-corrected chi connectivity index (χ1v) is 26.3. The number of carbonyl (C=O) groups excluding carboxylic acids is 2. The van der Waals surface area contributed by atoms with Gasteiger partial charge in [-0.2, -0.15) is 0 Å². The lowest BCUT2D eigenvalue weighted by Crippen LogP contribution is -2.50. The molecular weight excluding hydrogens is 799 g/mol. The number of aliphatic carboxylic acids is 1. The summed E-state index contributed by atoms with van der Waals surface area (Å²) in [5.41, 5.74) is 0. The van der Waals surface area contributed by atoms with E-state index in [9.17, 15) is 19.5 Å². The maximum absolute atomic E-state index is 12.8. The van der Waals surface area contributed by atoms with Gasteiger partial charge in [0.05, 0.1) is 34.4 Å². The molecule has 0 aromatic carbocycles. The van der Waals surface area contributed by atoms with E-state index in [0.717, 1.165) is 77.0 Å². The van der Waals surface area contributed by atoms with E-state index in [2.05, 4.69) is 74.6 Å². The Bertz CT molecular complexity index is 1230. The number of ether oxygens (including phenoxy) is 3. The predicted molar refractivity (Wildman–Crippen MR) is 271 cm³/mol. The van der Waals surface area contributed by atoms with E-state index < -0.39 is 18.1 Å². The van der Waals surface area contributed by atoms with E-state index in [1.165, 1.54) is 116 Å². The molecule has 8 nitrogen and oxygen atoms in total. The third kappa shape index (κ3) is 44.2. The zero-order valence-corrected chi connectivity index (χ0v) is 42.2.